The Labute approximate surface area is 295 Å². The molecule has 10 aromatic rings. The van der Waals surface area contributed by atoms with Crippen LogP contribution in [0.25, 0.3) is 77.3 Å². The predicted molar refractivity (Wildman–Crippen MR) is 212 cm³/mol. The summed E-state index contributed by atoms with van der Waals surface area (Å²) in [5.41, 5.74) is 13.6. The van der Waals surface area contributed by atoms with E-state index in [4.69, 9.17) is 8.83 Å². The van der Waals surface area contributed by atoms with Crippen LogP contribution in [0.1, 0.15) is 0 Å². The highest BCUT2D eigenvalue weighted by atomic mass is 16.3. The average Bonchev–Trinajstić information content (AvgIpc) is 3.78. The zero-order valence-electron chi connectivity index (χ0n) is 27.7. The second kappa shape index (κ2) is 11.9. The molecule has 0 radical (unpaired) electrons. The van der Waals surface area contributed by atoms with Crippen molar-refractivity contribution in [1.82, 2.24) is 0 Å². The fourth-order valence-electron chi connectivity index (χ4n) is 7.40. The van der Waals surface area contributed by atoms with E-state index >= 15 is 0 Å². The van der Waals surface area contributed by atoms with E-state index in [9.17, 15) is 0 Å². The fourth-order valence-corrected chi connectivity index (χ4v) is 7.40. The lowest BCUT2D eigenvalue weighted by atomic mass is 10.0. The van der Waals surface area contributed by atoms with Crippen molar-refractivity contribution in [1.29, 1.82) is 0 Å². The van der Waals surface area contributed by atoms with Crippen LogP contribution in [0, 0.1) is 0 Å². The first-order valence-corrected chi connectivity index (χ1v) is 17.3. The number of fused-ring (bicyclic) bond motifs is 7. The van der Waals surface area contributed by atoms with Gasteiger partial charge in [-0.1, -0.05) is 133 Å². The van der Waals surface area contributed by atoms with E-state index in [1.54, 1.807) is 0 Å². The van der Waals surface area contributed by atoms with Crippen LogP contribution in [0.3, 0.4) is 0 Å². The van der Waals surface area contributed by atoms with E-state index in [1.165, 1.54) is 22.3 Å². The molecular weight excluding hydrogens is 623 g/mol. The first-order chi connectivity index (χ1) is 25.3. The normalized spacial score (nSPS) is 11.5. The van der Waals surface area contributed by atoms with Gasteiger partial charge in [-0.05, 0) is 82.4 Å². The molecule has 0 saturated carbocycles. The molecule has 0 aliphatic heterocycles. The molecule has 2 aromatic heterocycles. The van der Waals surface area contributed by atoms with Crippen LogP contribution < -0.4 is 4.90 Å². The van der Waals surface area contributed by atoms with E-state index in [0.29, 0.717) is 0 Å². The Morgan fingerprint density at radius 2 is 0.784 bits per heavy atom. The monoisotopic (exact) mass is 653 g/mol. The zero-order chi connectivity index (χ0) is 33.7. The fraction of sp³-hybridized carbons (Fsp3) is 0. The number of anilines is 3. The molecule has 0 unspecified atom stereocenters. The summed E-state index contributed by atoms with van der Waals surface area (Å²) in [7, 11) is 0. The number of hydrogen-bond donors (Lipinski definition) is 0. The third-order valence-electron chi connectivity index (χ3n) is 9.91. The van der Waals surface area contributed by atoms with Gasteiger partial charge in [-0.3, -0.25) is 0 Å². The van der Waals surface area contributed by atoms with Gasteiger partial charge in [0.2, 0.25) is 0 Å². The molecular formula is C48H31NO2. The van der Waals surface area contributed by atoms with Gasteiger partial charge < -0.3 is 13.7 Å². The van der Waals surface area contributed by atoms with Crippen LogP contribution in [0.4, 0.5) is 17.1 Å². The third-order valence-corrected chi connectivity index (χ3v) is 9.91. The van der Waals surface area contributed by atoms with Crippen molar-refractivity contribution in [2.75, 3.05) is 4.90 Å². The number of benzene rings is 8. The smallest absolute Gasteiger partial charge is 0.147 e. The third kappa shape index (κ3) is 4.98. The first-order valence-electron chi connectivity index (χ1n) is 17.3. The maximum atomic E-state index is 6.76. The van der Waals surface area contributed by atoms with E-state index in [-0.39, 0.29) is 0 Å². The van der Waals surface area contributed by atoms with Gasteiger partial charge in [0, 0.05) is 38.8 Å². The quantitative estimate of drug-likeness (QED) is 0.179. The summed E-state index contributed by atoms with van der Waals surface area (Å²) in [6, 6.07) is 66.2. The van der Waals surface area contributed by atoms with Crippen LogP contribution >= 0.6 is 0 Å². The number of furan rings is 2. The first kappa shape index (κ1) is 29.1. The molecule has 0 bridgehead atoms. The van der Waals surface area contributed by atoms with Crippen molar-refractivity contribution in [2.45, 2.75) is 0 Å². The second-order valence-electron chi connectivity index (χ2n) is 12.9. The van der Waals surface area contributed by atoms with E-state index in [2.05, 4.69) is 175 Å². The van der Waals surface area contributed by atoms with Gasteiger partial charge >= 0.3 is 0 Å². The maximum Gasteiger partial charge on any atom is 0.147 e. The van der Waals surface area contributed by atoms with Crippen LogP contribution in [0.15, 0.2) is 197 Å². The van der Waals surface area contributed by atoms with Gasteiger partial charge in [-0.15, -0.1) is 0 Å². The molecule has 0 aliphatic rings. The summed E-state index contributed by atoms with van der Waals surface area (Å²) in [6.45, 7) is 0. The maximum absolute atomic E-state index is 6.76. The largest absolute Gasteiger partial charge is 0.456 e. The molecule has 0 aliphatic carbocycles. The summed E-state index contributed by atoms with van der Waals surface area (Å²) < 4.78 is 12.9. The van der Waals surface area contributed by atoms with E-state index in [0.717, 1.165) is 72.1 Å². The molecule has 51 heavy (non-hydrogen) atoms. The highest BCUT2D eigenvalue weighted by molar-refractivity contribution is 6.23. The summed E-state index contributed by atoms with van der Waals surface area (Å²) in [6.07, 6.45) is 0. The number of nitrogens with zero attached hydrogens (tertiary/aromatic N) is 1. The summed E-state index contributed by atoms with van der Waals surface area (Å²) in [5.74, 6) is 0. The van der Waals surface area contributed by atoms with Gasteiger partial charge in [0.15, 0.2) is 0 Å². The lowest BCUT2D eigenvalue weighted by molar-refractivity contribution is 0.663. The number of hydrogen-bond acceptors (Lipinski definition) is 3. The average molecular weight is 654 g/mol. The topological polar surface area (TPSA) is 29.5 Å². The molecule has 8 aromatic carbocycles. The molecule has 2 heterocycles. The second-order valence-corrected chi connectivity index (χ2v) is 12.9. The molecule has 0 amide bonds. The number of para-hydroxylation sites is 2. The SMILES string of the molecule is c1ccc(-c2ccc(N(c3ccc(-c4ccccc4)cc3)c3ccc(-c4cccc5c4oc4c5ccc5oc6ccccc6c54)cc3)cc2)cc1. The lowest BCUT2D eigenvalue weighted by Gasteiger charge is -2.26. The minimum absolute atomic E-state index is 0.836. The summed E-state index contributed by atoms with van der Waals surface area (Å²) in [5, 5.41) is 4.27. The Morgan fingerprint density at radius 3 is 1.39 bits per heavy atom. The van der Waals surface area contributed by atoms with E-state index < -0.39 is 0 Å². The Balaban J connectivity index is 1.06. The minimum Gasteiger partial charge on any atom is -0.456 e. The van der Waals surface area contributed by atoms with Crippen molar-refractivity contribution in [3.8, 4) is 33.4 Å². The molecule has 0 N–H and O–H groups in total. The molecule has 3 heteroatoms. The minimum atomic E-state index is 0.836. The van der Waals surface area contributed by atoms with Gasteiger partial charge in [0.05, 0.1) is 5.39 Å². The molecule has 0 spiro atoms. The van der Waals surface area contributed by atoms with Crippen molar-refractivity contribution in [2.24, 2.45) is 0 Å². The van der Waals surface area contributed by atoms with Gasteiger partial charge in [0.25, 0.3) is 0 Å². The van der Waals surface area contributed by atoms with Crippen molar-refractivity contribution < 1.29 is 8.83 Å². The van der Waals surface area contributed by atoms with Crippen molar-refractivity contribution in [3.05, 3.63) is 188 Å². The van der Waals surface area contributed by atoms with Gasteiger partial charge in [0.1, 0.15) is 22.3 Å². The molecule has 0 fully saturated rings. The molecule has 10 rings (SSSR count). The molecule has 0 atom stereocenters. The molecule has 3 nitrogen and oxygen atoms in total. The number of rotatable bonds is 6. The Kier molecular flexibility index (Phi) is 6.81. The standard InChI is InChI=1S/C48H31NO2/c1-3-10-32(11-4-1)34-18-24-37(25-19-34)49(38-26-20-35(21-27-38)33-12-5-2-6-13-33)39-28-22-36(23-29-39)40-15-9-16-41-42-30-31-45-46(48(42)51-47(40)41)43-14-7-8-17-44(43)50-45/h1-31H. The Morgan fingerprint density at radius 1 is 0.294 bits per heavy atom. The lowest BCUT2D eigenvalue weighted by Crippen LogP contribution is -2.09. The highest BCUT2D eigenvalue weighted by Crippen LogP contribution is 2.43. The van der Waals surface area contributed by atoms with Crippen LogP contribution in [-0.4, -0.2) is 0 Å². The van der Waals surface area contributed by atoms with Crippen molar-refractivity contribution in [3.63, 3.8) is 0 Å². The summed E-state index contributed by atoms with van der Waals surface area (Å²) >= 11 is 0. The van der Waals surface area contributed by atoms with Gasteiger partial charge in [-0.25, -0.2) is 0 Å². The zero-order valence-corrected chi connectivity index (χ0v) is 27.7. The summed E-state index contributed by atoms with van der Waals surface area (Å²) in [4.78, 5) is 2.32. The molecule has 0 saturated heterocycles. The van der Waals surface area contributed by atoms with Crippen LogP contribution in [0.2, 0.25) is 0 Å². The van der Waals surface area contributed by atoms with Crippen LogP contribution in [0.5, 0.6) is 0 Å². The van der Waals surface area contributed by atoms with Gasteiger partial charge in [-0.2, -0.15) is 0 Å². The van der Waals surface area contributed by atoms with E-state index in [1.807, 2.05) is 18.2 Å². The van der Waals surface area contributed by atoms with Crippen molar-refractivity contribution >= 4 is 60.9 Å². The molecule has 240 valence electrons. The highest BCUT2D eigenvalue weighted by Gasteiger charge is 2.19. The van der Waals surface area contributed by atoms with Crippen LogP contribution in [-0.2, 0) is 0 Å². The Bertz CT molecular complexity index is 2730. The Hall–Kier alpha value is -6.84. The predicted octanol–water partition coefficient (Wildman–Crippen LogP) is 14.0.